The van der Waals surface area contributed by atoms with E-state index in [9.17, 15) is 19.2 Å². The summed E-state index contributed by atoms with van der Waals surface area (Å²) in [6.07, 6.45) is 0.840. The van der Waals surface area contributed by atoms with Crippen LogP contribution in [0, 0.1) is 0 Å². The van der Waals surface area contributed by atoms with E-state index in [1.807, 2.05) is 0 Å². The zero-order chi connectivity index (χ0) is 27.8. The number of rotatable bonds is 9. The number of H-pyrrole nitrogens is 1. The second-order valence-electron chi connectivity index (χ2n) is 7.12. The van der Waals surface area contributed by atoms with Gasteiger partial charge < -0.3 is 35.7 Å². The van der Waals surface area contributed by atoms with Gasteiger partial charge in [0.2, 0.25) is 5.95 Å². The van der Waals surface area contributed by atoms with Gasteiger partial charge in [-0.15, -0.1) is 0 Å². The number of nitrogens with one attached hydrogen (secondary N) is 3. The van der Waals surface area contributed by atoms with E-state index in [1.54, 1.807) is 12.1 Å². The van der Waals surface area contributed by atoms with Crippen molar-refractivity contribution >= 4 is 51.0 Å². The van der Waals surface area contributed by atoms with E-state index < -0.39 is 39.8 Å². The van der Waals surface area contributed by atoms with E-state index in [0.717, 1.165) is 0 Å². The Morgan fingerprint density at radius 3 is 2.26 bits per heavy atom. The van der Waals surface area contributed by atoms with Gasteiger partial charge in [-0.05, 0) is 30.7 Å². The molecule has 0 bridgehead atoms. The predicted molar refractivity (Wildman–Crippen MR) is 122 cm³/mol. The number of nitrogen functional groups attached to an aromatic ring is 1. The largest absolute Gasteiger partial charge is 2.00 e. The van der Waals surface area contributed by atoms with Crippen LogP contribution in [0.2, 0.25) is 0 Å². The molecule has 17 nitrogen and oxygen atoms in total. The van der Waals surface area contributed by atoms with Gasteiger partial charge >= 0.3 is 29.0 Å². The molecule has 204 valence electrons. The minimum Gasteiger partial charge on any atom is -0.759 e. The molecule has 0 saturated carbocycles. The molecule has 0 radical (unpaired) electrons. The molecule has 38 heavy (non-hydrogen) atoms. The maximum Gasteiger partial charge on any atom is 2.00 e. The molecule has 1 unspecified atom stereocenters. The molecule has 2 aromatic heterocycles. The molecule has 3 rings (SSSR count). The van der Waals surface area contributed by atoms with Crippen LogP contribution in [0.3, 0.4) is 0 Å². The summed E-state index contributed by atoms with van der Waals surface area (Å²) in [6, 6.07) is 4.86. The van der Waals surface area contributed by atoms with Gasteiger partial charge in [0.05, 0.1) is 18.4 Å². The Labute approximate surface area is 224 Å². The minimum absolute atomic E-state index is 0. The Balaban J connectivity index is 0.00000110. The number of aliphatic carboxylic acids is 2. The molecule has 1 aromatic carbocycles. The first-order valence-electron chi connectivity index (χ1n) is 10.0. The maximum atomic E-state index is 12.3. The van der Waals surface area contributed by atoms with Crippen molar-refractivity contribution in [1.29, 1.82) is 0 Å². The van der Waals surface area contributed by atoms with E-state index in [4.69, 9.17) is 33.5 Å². The fraction of sp³-hybridized carbons (Fsp3) is 0.211. The quantitative estimate of drug-likeness (QED) is 0.0946. The summed E-state index contributed by atoms with van der Waals surface area (Å²) < 4.78 is 34.1. The topological polar surface area (TPSA) is 294 Å². The molecule has 7 N–H and O–H groups in total. The molecule has 1 atom stereocenters. The average Bonchev–Trinajstić information content (AvgIpc) is 2.79. The predicted octanol–water partition coefficient (Wildman–Crippen LogP) is -1.39. The molecule has 0 aliphatic rings. The van der Waals surface area contributed by atoms with E-state index in [-0.39, 0.29) is 59.1 Å². The van der Waals surface area contributed by atoms with Gasteiger partial charge in [0.1, 0.15) is 6.04 Å². The number of aromatic nitrogens is 4. The van der Waals surface area contributed by atoms with Crippen LogP contribution < -0.4 is 21.9 Å². The number of carbonyl (C=O) groups is 3. The molecule has 19 heteroatoms. The van der Waals surface area contributed by atoms with E-state index >= 15 is 0 Å². The number of anilines is 2. The van der Waals surface area contributed by atoms with E-state index in [1.165, 1.54) is 18.3 Å². The number of carbonyl (C=O) groups excluding carboxylic acids is 1. The number of nitrogens with zero attached hydrogens (tertiary/aromatic N) is 3. The van der Waals surface area contributed by atoms with Crippen LogP contribution in [0.25, 0.3) is 11.2 Å². The van der Waals surface area contributed by atoms with Crippen LogP contribution >= 0.6 is 0 Å². The van der Waals surface area contributed by atoms with Gasteiger partial charge in [-0.3, -0.25) is 27.8 Å². The Morgan fingerprint density at radius 1 is 1.11 bits per heavy atom. The first-order chi connectivity index (χ1) is 17.2. The minimum atomic E-state index is -5.17. The molecule has 0 spiro atoms. The second kappa shape index (κ2) is 14.0. The summed E-state index contributed by atoms with van der Waals surface area (Å²) in [5, 5.41) is 23.2. The Kier molecular flexibility index (Phi) is 11.7. The fourth-order valence-corrected chi connectivity index (χ4v) is 2.75. The third-order valence-electron chi connectivity index (χ3n) is 4.36. The van der Waals surface area contributed by atoms with Crippen LogP contribution in [0.5, 0.6) is 0 Å². The smallest absolute Gasteiger partial charge is 0.759 e. The summed E-state index contributed by atoms with van der Waals surface area (Å²) in [4.78, 5) is 60.6. The molecule has 1 amide bonds. The molecule has 0 fully saturated rings. The SMILES string of the molecule is Nc1nc2ncc(CNc3ccc(C(=O)NC(CCC(=O)O)C(=O)O)cc3)nc2c(=O)[nH]1.O=S(=O)([O-])[O-].[Fe+2]. The van der Waals surface area contributed by atoms with Gasteiger partial charge in [-0.1, -0.05) is 0 Å². The van der Waals surface area contributed by atoms with Crippen LogP contribution in [0.4, 0.5) is 11.6 Å². The number of aromatic amines is 1. The summed E-state index contributed by atoms with van der Waals surface area (Å²) in [5.74, 6) is -3.16. The van der Waals surface area contributed by atoms with Crippen molar-refractivity contribution in [2.75, 3.05) is 11.1 Å². The van der Waals surface area contributed by atoms with Crippen molar-refractivity contribution in [3.05, 3.63) is 52.1 Å². The zero-order valence-corrected chi connectivity index (χ0v) is 20.8. The van der Waals surface area contributed by atoms with Gasteiger partial charge in [-0.25, -0.2) is 14.8 Å². The molecule has 0 saturated heterocycles. The third kappa shape index (κ3) is 10.8. The number of fused-ring (bicyclic) bond motifs is 1. The van der Waals surface area contributed by atoms with Crippen LogP contribution in [0.15, 0.2) is 35.3 Å². The molecule has 3 aromatic rings. The summed E-state index contributed by atoms with van der Waals surface area (Å²) in [5.41, 5.74) is 6.47. The van der Waals surface area contributed by atoms with Crippen molar-refractivity contribution in [2.24, 2.45) is 0 Å². The molecular formula is C19H19FeN7O10S. The molecular weight excluding hydrogens is 574 g/mol. The van der Waals surface area contributed by atoms with Crippen LogP contribution in [-0.2, 0) is 43.6 Å². The van der Waals surface area contributed by atoms with Crippen LogP contribution in [0.1, 0.15) is 28.9 Å². The maximum absolute atomic E-state index is 12.3. The number of carboxylic acids is 2. The van der Waals surface area contributed by atoms with Gasteiger partial charge in [0.15, 0.2) is 11.2 Å². The molecule has 0 aliphatic carbocycles. The van der Waals surface area contributed by atoms with Gasteiger partial charge in [0.25, 0.3) is 11.5 Å². The summed E-state index contributed by atoms with van der Waals surface area (Å²) in [6.45, 7) is 0.231. The fourth-order valence-electron chi connectivity index (χ4n) is 2.75. The average molecular weight is 593 g/mol. The monoisotopic (exact) mass is 593 g/mol. The normalized spacial score (nSPS) is 11.3. The standard InChI is InChI=1S/C19H19N7O6.Fe.H2O4S/c20-19-25-15-14(17(30)26-19)23-11(8-22-15)7-21-10-3-1-9(2-4-10)16(29)24-12(18(31)32)5-6-13(27)28;;1-5(2,3)4/h1-4,8,12,21H,5-7H2,(H,24,29)(H,27,28)(H,31,32)(H3,20,22,25,26,30);;(H2,1,2,3,4)/q;+2;/p-2. The number of nitrogens with two attached hydrogens (primary N) is 1. The van der Waals surface area contributed by atoms with Crippen molar-refractivity contribution in [2.45, 2.75) is 25.4 Å². The van der Waals surface area contributed by atoms with E-state index in [0.29, 0.717) is 11.4 Å². The van der Waals surface area contributed by atoms with Gasteiger partial charge in [-0.2, -0.15) is 4.98 Å². The van der Waals surface area contributed by atoms with Crippen molar-refractivity contribution in [3.63, 3.8) is 0 Å². The number of carboxylic acid groups (broad SMARTS) is 2. The number of hydrogen-bond donors (Lipinski definition) is 6. The Bertz CT molecular complexity index is 1460. The Morgan fingerprint density at radius 2 is 1.71 bits per heavy atom. The number of amides is 1. The van der Waals surface area contributed by atoms with Gasteiger partial charge in [0, 0.05) is 28.1 Å². The van der Waals surface area contributed by atoms with Crippen molar-refractivity contribution in [1.82, 2.24) is 25.3 Å². The molecule has 0 aliphatic heterocycles. The molecule has 2 heterocycles. The van der Waals surface area contributed by atoms with Crippen molar-refractivity contribution < 1.29 is 59.2 Å². The second-order valence-corrected chi connectivity index (χ2v) is 7.94. The Hall–Kier alpha value is -4.16. The summed E-state index contributed by atoms with van der Waals surface area (Å²) >= 11 is 0. The van der Waals surface area contributed by atoms with Crippen molar-refractivity contribution in [3.8, 4) is 0 Å². The zero-order valence-electron chi connectivity index (χ0n) is 18.9. The van der Waals surface area contributed by atoms with Crippen LogP contribution in [-0.4, -0.2) is 71.6 Å². The summed E-state index contributed by atoms with van der Waals surface area (Å²) in [7, 11) is -5.17. The third-order valence-corrected chi connectivity index (χ3v) is 4.36. The first kappa shape index (κ1) is 31.9. The first-order valence-corrected chi connectivity index (χ1v) is 11.3. The number of hydrogen-bond acceptors (Lipinski definition) is 13. The number of benzene rings is 1. The van der Waals surface area contributed by atoms with E-state index in [2.05, 4.69) is 30.6 Å².